The molecule has 0 aliphatic rings. The second-order valence-corrected chi connectivity index (χ2v) is 6.40. The fourth-order valence-electron chi connectivity index (χ4n) is 2.09. The molecule has 6 nitrogen and oxygen atoms in total. The summed E-state index contributed by atoms with van der Waals surface area (Å²) in [5.74, 6) is -0.336. The molecule has 0 unspecified atom stereocenters. The van der Waals surface area contributed by atoms with Crippen LogP contribution in [0.15, 0.2) is 29.3 Å². The van der Waals surface area contributed by atoms with Crippen molar-refractivity contribution in [2.24, 2.45) is 0 Å². The van der Waals surface area contributed by atoms with Crippen LogP contribution in [-0.4, -0.2) is 25.3 Å². The number of halogens is 1. The fourth-order valence-corrected chi connectivity index (χ4v) is 3.39. The van der Waals surface area contributed by atoms with Crippen molar-refractivity contribution in [2.75, 3.05) is 11.8 Å². The lowest BCUT2D eigenvalue weighted by molar-refractivity contribution is 0.384. The van der Waals surface area contributed by atoms with Gasteiger partial charge in [0.05, 0.1) is 18.2 Å². The molecule has 120 valence electrons. The normalized spacial score (nSPS) is 11.5. The number of methoxy groups -OCH3 is 1. The van der Waals surface area contributed by atoms with E-state index in [-0.39, 0.29) is 16.2 Å². The van der Waals surface area contributed by atoms with Crippen LogP contribution in [-0.2, 0) is 16.6 Å². The first-order valence-corrected chi connectivity index (χ1v) is 8.26. The van der Waals surface area contributed by atoms with Gasteiger partial charge in [-0.15, -0.1) is 0 Å². The molecule has 1 aromatic heterocycles. The van der Waals surface area contributed by atoms with Crippen LogP contribution in [0.4, 0.5) is 10.2 Å². The standard InChI is InChI=1S/C14H18FN3O3S/c1-4-9-18-13(7-8-16-18)17-22(19,20)12-6-5-11(21-3)14(15)10(12)2/h5-8,17H,4,9H2,1-3H3. The van der Waals surface area contributed by atoms with E-state index in [4.69, 9.17) is 4.74 Å². The molecule has 0 saturated heterocycles. The van der Waals surface area contributed by atoms with Gasteiger partial charge in [0.25, 0.3) is 10.0 Å². The van der Waals surface area contributed by atoms with E-state index in [9.17, 15) is 12.8 Å². The van der Waals surface area contributed by atoms with Gasteiger partial charge in [0.2, 0.25) is 0 Å². The van der Waals surface area contributed by atoms with Crippen molar-refractivity contribution in [2.45, 2.75) is 31.7 Å². The summed E-state index contributed by atoms with van der Waals surface area (Å²) in [5.41, 5.74) is 0.00778. The minimum absolute atomic E-state index is 0.00692. The number of sulfonamides is 1. The molecule has 1 heterocycles. The zero-order valence-corrected chi connectivity index (χ0v) is 13.4. The number of aryl methyl sites for hydroxylation is 1. The average Bonchev–Trinajstić information content (AvgIpc) is 2.88. The molecule has 0 fully saturated rings. The van der Waals surface area contributed by atoms with E-state index in [1.807, 2.05) is 6.92 Å². The lowest BCUT2D eigenvalue weighted by Crippen LogP contribution is -2.18. The van der Waals surface area contributed by atoms with Gasteiger partial charge in [-0.3, -0.25) is 4.72 Å². The van der Waals surface area contributed by atoms with Crippen LogP contribution in [0.2, 0.25) is 0 Å². The molecule has 1 N–H and O–H groups in total. The van der Waals surface area contributed by atoms with Gasteiger partial charge in [0, 0.05) is 18.2 Å². The highest BCUT2D eigenvalue weighted by Crippen LogP contribution is 2.27. The molecule has 0 radical (unpaired) electrons. The van der Waals surface area contributed by atoms with Gasteiger partial charge in [-0.1, -0.05) is 6.92 Å². The van der Waals surface area contributed by atoms with E-state index in [2.05, 4.69) is 9.82 Å². The Labute approximate surface area is 129 Å². The molecule has 0 amide bonds. The van der Waals surface area contributed by atoms with Gasteiger partial charge in [-0.2, -0.15) is 5.10 Å². The number of anilines is 1. The highest BCUT2D eigenvalue weighted by molar-refractivity contribution is 7.92. The number of hydrogen-bond acceptors (Lipinski definition) is 4. The summed E-state index contributed by atoms with van der Waals surface area (Å²) >= 11 is 0. The molecule has 0 spiro atoms. The van der Waals surface area contributed by atoms with E-state index in [1.165, 1.54) is 32.4 Å². The molecule has 0 aliphatic carbocycles. The van der Waals surface area contributed by atoms with Crippen molar-refractivity contribution in [3.63, 3.8) is 0 Å². The van der Waals surface area contributed by atoms with Gasteiger partial charge in [0.1, 0.15) is 5.82 Å². The van der Waals surface area contributed by atoms with Crippen LogP contribution in [0, 0.1) is 12.7 Å². The molecular formula is C14H18FN3O3S. The van der Waals surface area contributed by atoms with Gasteiger partial charge < -0.3 is 4.74 Å². The fraction of sp³-hybridized carbons (Fsp3) is 0.357. The molecule has 0 saturated carbocycles. The number of rotatable bonds is 6. The van der Waals surface area contributed by atoms with E-state index in [1.54, 1.807) is 10.7 Å². The Bertz CT molecular complexity index is 772. The van der Waals surface area contributed by atoms with Crippen molar-refractivity contribution in [1.82, 2.24) is 9.78 Å². The van der Waals surface area contributed by atoms with Crippen molar-refractivity contribution < 1.29 is 17.5 Å². The minimum atomic E-state index is -3.91. The number of ether oxygens (including phenoxy) is 1. The monoisotopic (exact) mass is 327 g/mol. The summed E-state index contributed by atoms with van der Waals surface area (Å²) in [6.45, 7) is 3.94. The Morgan fingerprint density at radius 2 is 2.09 bits per heavy atom. The summed E-state index contributed by atoms with van der Waals surface area (Å²) in [6.07, 6.45) is 2.32. The maximum absolute atomic E-state index is 14.0. The number of nitrogens with zero attached hydrogens (tertiary/aromatic N) is 2. The average molecular weight is 327 g/mol. The minimum Gasteiger partial charge on any atom is -0.494 e. The molecule has 0 bridgehead atoms. The number of benzene rings is 1. The first-order valence-electron chi connectivity index (χ1n) is 6.78. The number of hydrogen-bond donors (Lipinski definition) is 1. The molecule has 2 rings (SSSR count). The topological polar surface area (TPSA) is 73.2 Å². The Balaban J connectivity index is 2.39. The second-order valence-electron chi connectivity index (χ2n) is 4.75. The van der Waals surface area contributed by atoms with Crippen LogP contribution in [0.3, 0.4) is 0 Å². The first kappa shape index (κ1) is 16.3. The largest absolute Gasteiger partial charge is 0.494 e. The smallest absolute Gasteiger partial charge is 0.263 e. The molecule has 8 heteroatoms. The zero-order chi connectivity index (χ0) is 16.3. The van der Waals surface area contributed by atoms with Crippen LogP contribution < -0.4 is 9.46 Å². The van der Waals surface area contributed by atoms with Crippen LogP contribution >= 0.6 is 0 Å². The Hall–Kier alpha value is -2.09. The summed E-state index contributed by atoms with van der Waals surface area (Å²) in [5, 5.41) is 4.05. The molecule has 0 aliphatic heterocycles. The Morgan fingerprint density at radius 1 is 1.36 bits per heavy atom. The van der Waals surface area contributed by atoms with E-state index >= 15 is 0 Å². The number of aromatic nitrogens is 2. The SMILES string of the molecule is CCCn1nccc1NS(=O)(=O)c1ccc(OC)c(F)c1C. The highest BCUT2D eigenvalue weighted by Gasteiger charge is 2.22. The predicted molar refractivity (Wildman–Crippen MR) is 81.0 cm³/mol. The quantitative estimate of drug-likeness (QED) is 0.885. The maximum atomic E-state index is 14.0. The van der Waals surface area contributed by atoms with Crippen molar-refractivity contribution in [3.05, 3.63) is 35.8 Å². The van der Waals surface area contributed by atoms with Crippen LogP contribution in [0.1, 0.15) is 18.9 Å². The van der Waals surface area contributed by atoms with E-state index in [0.717, 1.165) is 6.42 Å². The lowest BCUT2D eigenvalue weighted by Gasteiger charge is -2.13. The maximum Gasteiger partial charge on any atom is 0.263 e. The van der Waals surface area contributed by atoms with E-state index < -0.39 is 15.8 Å². The predicted octanol–water partition coefficient (Wildman–Crippen LogP) is 2.55. The van der Waals surface area contributed by atoms with E-state index in [0.29, 0.717) is 12.4 Å². The third kappa shape index (κ3) is 3.06. The first-order chi connectivity index (χ1) is 10.4. The van der Waals surface area contributed by atoms with Crippen molar-refractivity contribution in [1.29, 1.82) is 0 Å². The van der Waals surface area contributed by atoms with Gasteiger partial charge in [0.15, 0.2) is 11.6 Å². The van der Waals surface area contributed by atoms with Crippen LogP contribution in [0.25, 0.3) is 0 Å². The lowest BCUT2D eigenvalue weighted by atomic mass is 10.2. The molecule has 0 atom stereocenters. The molecular weight excluding hydrogens is 309 g/mol. The van der Waals surface area contributed by atoms with Crippen molar-refractivity contribution in [3.8, 4) is 5.75 Å². The van der Waals surface area contributed by atoms with Gasteiger partial charge in [-0.25, -0.2) is 17.5 Å². The zero-order valence-electron chi connectivity index (χ0n) is 12.6. The van der Waals surface area contributed by atoms with Gasteiger partial charge in [-0.05, 0) is 25.5 Å². The highest BCUT2D eigenvalue weighted by atomic mass is 32.2. The van der Waals surface area contributed by atoms with Crippen LogP contribution in [0.5, 0.6) is 5.75 Å². The summed E-state index contributed by atoms with van der Waals surface area (Å²) in [6, 6.07) is 4.17. The van der Waals surface area contributed by atoms with Gasteiger partial charge >= 0.3 is 0 Å². The third-order valence-corrected chi connectivity index (χ3v) is 4.70. The van der Waals surface area contributed by atoms with Crippen molar-refractivity contribution >= 4 is 15.8 Å². The number of nitrogens with one attached hydrogen (secondary N) is 1. The molecule has 2 aromatic rings. The second kappa shape index (κ2) is 6.35. The summed E-state index contributed by atoms with van der Waals surface area (Å²) in [7, 11) is -2.58. The summed E-state index contributed by atoms with van der Waals surface area (Å²) in [4.78, 5) is -0.130. The Morgan fingerprint density at radius 3 is 2.73 bits per heavy atom. The molecule has 1 aromatic carbocycles. The Kier molecular flexibility index (Phi) is 4.70. The summed E-state index contributed by atoms with van der Waals surface area (Å²) < 4.78 is 47.8. The molecule has 22 heavy (non-hydrogen) atoms. The third-order valence-electron chi connectivity index (χ3n) is 3.20.